The van der Waals surface area contributed by atoms with Crippen molar-refractivity contribution < 1.29 is 14.8 Å². The van der Waals surface area contributed by atoms with Crippen molar-refractivity contribution in [2.75, 3.05) is 0 Å². The highest BCUT2D eigenvalue weighted by Crippen LogP contribution is 2.13. The first kappa shape index (κ1) is 11.9. The van der Waals surface area contributed by atoms with E-state index >= 15 is 0 Å². The van der Waals surface area contributed by atoms with Crippen LogP contribution in [0.1, 0.15) is 24.4 Å². The van der Waals surface area contributed by atoms with Crippen LogP contribution in [-0.2, 0) is 6.54 Å². The third kappa shape index (κ3) is 3.19. The van der Waals surface area contributed by atoms with E-state index < -0.39 is 6.10 Å². The van der Waals surface area contributed by atoms with E-state index in [1.165, 1.54) is 0 Å². The summed E-state index contributed by atoms with van der Waals surface area (Å²) in [6, 6.07) is 13.6. The Hall–Kier alpha value is -1.58. The van der Waals surface area contributed by atoms with Crippen molar-refractivity contribution in [1.29, 1.82) is 0 Å². The predicted octanol–water partition coefficient (Wildman–Crippen LogP) is 1.47. The highest BCUT2D eigenvalue weighted by molar-refractivity contribution is 5.17. The molecule has 0 radical (unpaired) electrons. The van der Waals surface area contributed by atoms with Gasteiger partial charge in [0.1, 0.15) is 18.7 Å². The molecule has 2 rings (SSSR count). The third-order valence-electron chi connectivity index (χ3n) is 2.91. The van der Waals surface area contributed by atoms with Crippen LogP contribution in [0.25, 0.3) is 0 Å². The maximum absolute atomic E-state index is 10.2. The molecule has 1 heterocycles. The van der Waals surface area contributed by atoms with Gasteiger partial charge in [-0.25, -0.2) is 0 Å². The summed E-state index contributed by atoms with van der Waals surface area (Å²) in [5.74, 6) is 0.928. The zero-order chi connectivity index (χ0) is 12.1. The molecule has 0 unspecified atom stereocenters. The summed E-state index contributed by atoms with van der Waals surface area (Å²) >= 11 is 0. The summed E-state index contributed by atoms with van der Waals surface area (Å²) < 4.78 is 5.26. The minimum Gasteiger partial charge on any atom is -0.463 e. The molecule has 0 aliphatic carbocycles. The fourth-order valence-corrected chi connectivity index (χ4v) is 1.81. The Bertz CT molecular complexity index is 425. The Morgan fingerprint density at radius 1 is 1.18 bits per heavy atom. The van der Waals surface area contributed by atoms with Gasteiger partial charge in [-0.3, -0.25) is 0 Å². The van der Waals surface area contributed by atoms with Crippen molar-refractivity contribution in [1.82, 2.24) is 0 Å². The second kappa shape index (κ2) is 5.66. The van der Waals surface area contributed by atoms with Crippen molar-refractivity contribution in [2.24, 2.45) is 0 Å². The molecule has 17 heavy (non-hydrogen) atoms. The summed E-state index contributed by atoms with van der Waals surface area (Å²) in [5.41, 5.74) is 0.954. The second-order valence-corrected chi connectivity index (χ2v) is 4.23. The fraction of sp³-hybridized carbons (Fsp3) is 0.286. The molecule has 2 aromatic rings. The van der Waals surface area contributed by atoms with Gasteiger partial charge in [0.25, 0.3) is 0 Å². The van der Waals surface area contributed by atoms with E-state index in [1.54, 1.807) is 6.26 Å². The molecule has 1 aromatic heterocycles. The third-order valence-corrected chi connectivity index (χ3v) is 2.91. The van der Waals surface area contributed by atoms with E-state index in [0.717, 1.165) is 17.9 Å². The smallest absolute Gasteiger partial charge is 0.157 e. The second-order valence-electron chi connectivity index (χ2n) is 4.23. The molecule has 0 saturated carbocycles. The van der Waals surface area contributed by atoms with Crippen LogP contribution in [0, 0.1) is 0 Å². The Kier molecular flexibility index (Phi) is 3.96. The van der Waals surface area contributed by atoms with Gasteiger partial charge in [0.15, 0.2) is 5.76 Å². The Morgan fingerprint density at radius 3 is 2.59 bits per heavy atom. The number of nitrogens with two attached hydrogens (primary N) is 1. The van der Waals surface area contributed by atoms with Gasteiger partial charge in [0.05, 0.1) is 6.26 Å². The summed E-state index contributed by atoms with van der Waals surface area (Å²) in [6.45, 7) is 2.76. The van der Waals surface area contributed by atoms with Gasteiger partial charge < -0.3 is 14.8 Å². The van der Waals surface area contributed by atoms with Gasteiger partial charge in [0.2, 0.25) is 0 Å². The Morgan fingerprint density at radius 2 is 1.94 bits per heavy atom. The van der Waals surface area contributed by atoms with Crippen LogP contribution in [0.4, 0.5) is 0 Å². The predicted molar refractivity (Wildman–Crippen MR) is 65.2 cm³/mol. The van der Waals surface area contributed by atoms with E-state index in [0.29, 0.717) is 0 Å². The molecule has 3 N–H and O–H groups in total. The van der Waals surface area contributed by atoms with Crippen molar-refractivity contribution in [3.63, 3.8) is 0 Å². The van der Waals surface area contributed by atoms with Crippen molar-refractivity contribution in [3.05, 3.63) is 60.1 Å². The summed E-state index contributed by atoms with van der Waals surface area (Å²) in [4.78, 5) is 0. The number of aliphatic hydroxyl groups is 1. The number of aliphatic hydroxyl groups excluding tert-OH is 1. The van der Waals surface area contributed by atoms with Gasteiger partial charge in [0, 0.05) is 0 Å². The normalized spacial score (nSPS) is 14.5. The zero-order valence-electron chi connectivity index (χ0n) is 9.91. The maximum Gasteiger partial charge on any atom is 0.157 e. The molecule has 0 spiro atoms. The molecule has 0 amide bonds. The van der Waals surface area contributed by atoms with E-state index in [9.17, 15) is 5.11 Å². The van der Waals surface area contributed by atoms with Crippen molar-refractivity contribution in [3.8, 4) is 0 Å². The molecule has 0 saturated heterocycles. The largest absolute Gasteiger partial charge is 0.463 e. The minimum atomic E-state index is -0.453. The van der Waals surface area contributed by atoms with Gasteiger partial charge in [-0.1, -0.05) is 30.3 Å². The average Bonchev–Trinajstić information content (AvgIpc) is 2.89. The molecule has 0 aliphatic heterocycles. The lowest BCUT2D eigenvalue weighted by molar-refractivity contribution is -0.710. The minimum absolute atomic E-state index is 0.0995. The van der Waals surface area contributed by atoms with E-state index in [1.807, 2.05) is 49.4 Å². The number of furan rings is 1. The first-order valence-electron chi connectivity index (χ1n) is 5.86. The van der Waals surface area contributed by atoms with Crippen LogP contribution < -0.4 is 5.32 Å². The van der Waals surface area contributed by atoms with Crippen molar-refractivity contribution >= 4 is 0 Å². The molecular formula is C14H18NO2+. The molecule has 3 heteroatoms. The molecule has 90 valence electrons. The summed E-state index contributed by atoms with van der Waals surface area (Å²) in [7, 11) is 0. The van der Waals surface area contributed by atoms with Crippen LogP contribution in [0.5, 0.6) is 0 Å². The lowest BCUT2D eigenvalue weighted by Crippen LogP contribution is -2.88. The average molecular weight is 232 g/mol. The van der Waals surface area contributed by atoms with Crippen LogP contribution in [0.2, 0.25) is 0 Å². The quantitative estimate of drug-likeness (QED) is 0.820. The van der Waals surface area contributed by atoms with Crippen molar-refractivity contribution in [2.45, 2.75) is 25.6 Å². The van der Waals surface area contributed by atoms with Crippen LogP contribution >= 0.6 is 0 Å². The molecule has 0 fully saturated rings. The number of benzene rings is 1. The first-order chi connectivity index (χ1) is 8.27. The number of hydrogen-bond acceptors (Lipinski definition) is 2. The van der Waals surface area contributed by atoms with E-state index in [-0.39, 0.29) is 6.04 Å². The standard InChI is InChI=1S/C14H17NO2/c1-11(15-10-13-8-5-9-17-13)14(16)12-6-3-2-4-7-12/h2-9,11,14-16H,10H2,1H3/p+1/t11-,14-/m0/s1. The van der Waals surface area contributed by atoms with Gasteiger partial charge >= 0.3 is 0 Å². The van der Waals surface area contributed by atoms with Crippen LogP contribution in [0.15, 0.2) is 53.1 Å². The summed E-state index contributed by atoms with van der Waals surface area (Å²) in [6.07, 6.45) is 1.22. The van der Waals surface area contributed by atoms with E-state index in [4.69, 9.17) is 4.42 Å². The zero-order valence-corrected chi connectivity index (χ0v) is 9.91. The highest BCUT2D eigenvalue weighted by atomic mass is 16.3. The first-order valence-corrected chi connectivity index (χ1v) is 5.86. The van der Waals surface area contributed by atoms with Gasteiger partial charge in [-0.05, 0) is 24.6 Å². The number of hydrogen-bond donors (Lipinski definition) is 2. The topological polar surface area (TPSA) is 50.0 Å². The highest BCUT2D eigenvalue weighted by Gasteiger charge is 2.18. The molecular weight excluding hydrogens is 214 g/mol. The fourth-order valence-electron chi connectivity index (χ4n) is 1.81. The van der Waals surface area contributed by atoms with E-state index in [2.05, 4.69) is 5.32 Å². The number of rotatable bonds is 5. The molecule has 1 aromatic carbocycles. The lowest BCUT2D eigenvalue weighted by Gasteiger charge is -2.17. The lowest BCUT2D eigenvalue weighted by atomic mass is 10.0. The SMILES string of the molecule is C[C@H]([NH2+]Cc1ccco1)[C@H](O)c1ccccc1. The molecule has 0 aliphatic rings. The molecule has 3 nitrogen and oxygen atoms in total. The maximum atomic E-state index is 10.2. The number of quaternary nitrogens is 1. The van der Waals surface area contributed by atoms with Crippen LogP contribution in [0.3, 0.4) is 0 Å². The Labute approximate surface area is 101 Å². The molecule has 0 bridgehead atoms. The van der Waals surface area contributed by atoms with Gasteiger partial charge in [-0.2, -0.15) is 0 Å². The summed E-state index contributed by atoms with van der Waals surface area (Å²) in [5, 5.41) is 12.2. The molecule has 2 atom stereocenters. The van der Waals surface area contributed by atoms with Gasteiger partial charge in [-0.15, -0.1) is 0 Å². The van der Waals surface area contributed by atoms with Crippen LogP contribution in [-0.4, -0.2) is 11.1 Å². The Balaban J connectivity index is 1.89. The monoisotopic (exact) mass is 232 g/mol.